The van der Waals surface area contributed by atoms with Gasteiger partial charge in [0.05, 0.1) is 14.2 Å². The molecule has 0 saturated carbocycles. The Morgan fingerprint density at radius 1 is 1.31 bits per heavy atom. The highest BCUT2D eigenvalue weighted by molar-refractivity contribution is 5.53. The summed E-state index contributed by atoms with van der Waals surface area (Å²) in [6.07, 6.45) is 0. The van der Waals surface area contributed by atoms with Gasteiger partial charge in [-0.1, -0.05) is 0 Å². The summed E-state index contributed by atoms with van der Waals surface area (Å²) in [6.45, 7) is 3.32. The SMILES string of the molecule is COc1cc(C(C)(C)N)c(O)c(F)c1OC. The normalized spacial score (nSPS) is 11.4. The highest BCUT2D eigenvalue weighted by atomic mass is 19.1. The summed E-state index contributed by atoms with van der Waals surface area (Å²) >= 11 is 0. The van der Waals surface area contributed by atoms with Crippen LogP contribution < -0.4 is 15.2 Å². The molecule has 0 heterocycles. The van der Waals surface area contributed by atoms with Gasteiger partial charge in [-0.3, -0.25) is 0 Å². The number of nitrogens with two attached hydrogens (primary N) is 1. The second kappa shape index (κ2) is 4.17. The molecule has 1 rings (SSSR count). The lowest BCUT2D eigenvalue weighted by Crippen LogP contribution is -2.29. The molecule has 1 aromatic carbocycles. The van der Waals surface area contributed by atoms with E-state index in [0.29, 0.717) is 0 Å². The Labute approximate surface area is 93.8 Å². The second-order valence-corrected chi connectivity index (χ2v) is 4.04. The lowest BCUT2D eigenvalue weighted by Gasteiger charge is -2.22. The van der Waals surface area contributed by atoms with E-state index >= 15 is 0 Å². The fourth-order valence-electron chi connectivity index (χ4n) is 1.43. The smallest absolute Gasteiger partial charge is 0.210 e. The maximum atomic E-state index is 13.7. The van der Waals surface area contributed by atoms with Gasteiger partial charge in [0.2, 0.25) is 11.6 Å². The van der Waals surface area contributed by atoms with Crippen LogP contribution in [0.5, 0.6) is 17.2 Å². The van der Waals surface area contributed by atoms with Crippen molar-refractivity contribution >= 4 is 0 Å². The standard InChI is InChI=1S/C11H16FNO3/c1-11(2,13)6-5-7(15-3)10(16-4)8(12)9(6)14/h5,14H,13H2,1-4H3. The van der Waals surface area contributed by atoms with Crippen molar-refractivity contribution in [1.82, 2.24) is 0 Å². The van der Waals surface area contributed by atoms with Crippen LogP contribution in [-0.4, -0.2) is 19.3 Å². The van der Waals surface area contributed by atoms with Crippen molar-refractivity contribution in [3.8, 4) is 17.2 Å². The first kappa shape index (κ1) is 12.6. The van der Waals surface area contributed by atoms with E-state index in [1.165, 1.54) is 20.3 Å². The molecule has 0 spiro atoms. The summed E-state index contributed by atoms with van der Waals surface area (Å²) in [5.41, 5.74) is 5.21. The number of aromatic hydroxyl groups is 1. The quantitative estimate of drug-likeness (QED) is 0.828. The second-order valence-electron chi connectivity index (χ2n) is 4.04. The Morgan fingerprint density at radius 2 is 1.88 bits per heavy atom. The Bertz CT molecular complexity index is 399. The van der Waals surface area contributed by atoms with Gasteiger partial charge in [-0.05, 0) is 19.9 Å². The average Bonchev–Trinajstić information content (AvgIpc) is 2.19. The van der Waals surface area contributed by atoms with Gasteiger partial charge < -0.3 is 20.3 Å². The molecule has 90 valence electrons. The van der Waals surface area contributed by atoms with E-state index in [2.05, 4.69) is 0 Å². The van der Waals surface area contributed by atoms with Gasteiger partial charge in [-0.2, -0.15) is 4.39 Å². The molecule has 1 aromatic rings. The van der Waals surface area contributed by atoms with Crippen LogP contribution in [0.25, 0.3) is 0 Å². The number of methoxy groups -OCH3 is 2. The van der Waals surface area contributed by atoms with Crippen LogP contribution in [-0.2, 0) is 5.54 Å². The zero-order chi connectivity index (χ0) is 12.5. The molecular weight excluding hydrogens is 213 g/mol. The Kier molecular flexibility index (Phi) is 3.28. The van der Waals surface area contributed by atoms with Crippen molar-refractivity contribution in [2.45, 2.75) is 19.4 Å². The minimum atomic E-state index is -0.871. The summed E-state index contributed by atoms with van der Waals surface area (Å²) in [5, 5.41) is 9.67. The van der Waals surface area contributed by atoms with Crippen LogP contribution in [0.3, 0.4) is 0 Å². The minimum absolute atomic E-state index is 0.131. The fraction of sp³-hybridized carbons (Fsp3) is 0.455. The number of hydrogen-bond acceptors (Lipinski definition) is 4. The molecule has 0 aliphatic carbocycles. The molecule has 0 aliphatic rings. The Hall–Kier alpha value is -1.49. The number of rotatable bonds is 3. The van der Waals surface area contributed by atoms with Gasteiger partial charge in [0.15, 0.2) is 11.5 Å². The van der Waals surface area contributed by atoms with E-state index in [-0.39, 0.29) is 17.1 Å². The summed E-state index contributed by atoms with van der Waals surface area (Å²) in [7, 11) is 2.69. The first-order chi connectivity index (χ1) is 7.32. The first-order valence-electron chi connectivity index (χ1n) is 4.75. The molecule has 16 heavy (non-hydrogen) atoms. The number of benzene rings is 1. The van der Waals surface area contributed by atoms with Gasteiger partial charge >= 0.3 is 0 Å². The van der Waals surface area contributed by atoms with Crippen LogP contribution in [0.15, 0.2) is 6.07 Å². The third kappa shape index (κ3) is 2.04. The summed E-state index contributed by atoms with van der Waals surface area (Å²) in [5.74, 6) is -1.31. The monoisotopic (exact) mass is 229 g/mol. The molecular formula is C11H16FNO3. The van der Waals surface area contributed by atoms with E-state index in [9.17, 15) is 9.50 Å². The zero-order valence-electron chi connectivity index (χ0n) is 9.80. The van der Waals surface area contributed by atoms with Crippen molar-refractivity contribution in [3.63, 3.8) is 0 Å². The molecule has 0 saturated heterocycles. The van der Waals surface area contributed by atoms with Gasteiger partial charge in [-0.15, -0.1) is 0 Å². The molecule has 0 aromatic heterocycles. The van der Waals surface area contributed by atoms with Crippen molar-refractivity contribution in [2.75, 3.05) is 14.2 Å². The molecule has 4 nitrogen and oxygen atoms in total. The molecule has 5 heteroatoms. The highest BCUT2D eigenvalue weighted by Gasteiger charge is 2.26. The predicted molar refractivity (Wildman–Crippen MR) is 58.4 cm³/mol. The van der Waals surface area contributed by atoms with Crippen molar-refractivity contribution < 1.29 is 19.0 Å². The maximum Gasteiger partial charge on any atom is 0.210 e. The molecule has 0 radical (unpaired) electrons. The van der Waals surface area contributed by atoms with Crippen LogP contribution in [0, 0.1) is 5.82 Å². The number of halogens is 1. The minimum Gasteiger partial charge on any atom is -0.504 e. The molecule has 0 bridgehead atoms. The topological polar surface area (TPSA) is 64.7 Å². The van der Waals surface area contributed by atoms with Crippen LogP contribution >= 0.6 is 0 Å². The lowest BCUT2D eigenvalue weighted by atomic mass is 9.94. The van der Waals surface area contributed by atoms with Crippen molar-refractivity contribution in [2.24, 2.45) is 5.73 Å². The van der Waals surface area contributed by atoms with Crippen LogP contribution in [0.4, 0.5) is 4.39 Å². The molecule has 0 aliphatic heterocycles. The van der Waals surface area contributed by atoms with Crippen molar-refractivity contribution in [1.29, 1.82) is 0 Å². The van der Waals surface area contributed by atoms with E-state index < -0.39 is 17.1 Å². The van der Waals surface area contributed by atoms with Gasteiger partial charge in [0, 0.05) is 11.1 Å². The highest BCUT2D eigenvalue weighted by Crippen LogP contribution is 2.41. The van der Waals surface area contributed by atoms with E-state index in [0.717, 1.165) is 0 Å². The zero-order valence-corrected chi connectivity index (χ0v) is 9.80. The number of phenols is 1. The summed E-state index contributed by atoms with van der Waals surface area (Å²) in [6, 6.07) is 1.47. The van der Waals surface area contributed by atoms with E-state index in [4.69, 9.17) is 15.2 Å². The largest absolute Gasteiger partial charge is 0.504 e. The molecule has 3 N–H and O–H groups in total. The Morgan fingerprint density at radius 3 is 2.25 bits per heavy atom. The van der Waals surface area contributed by atoms with Crippen molar-refractivity contribution in [3.05, 3.63) is 17.4 Å². The van der Waals surface area contributed by atoms with Gasteiger partial charge in [-0.25, -0.2) is 0 Å². The molecule has 0 fully saturated rings. The lowest BCUT2D eigenvalue weighted by molar-refractivity contribution is 0.320. The number of ether oxygens (including phenoxy) is 2. The molecule has 0 amide bonds. The van der Waals surface area contributed by atoms with Gasteiger partial charge in [0.1, 0.15) is 0 Å². The van der Waals surface area contributed by atoms with E-state index in [1.54, 1.807) is 13.8 Å². The number of phenolic OH excluding ortho intramolecular Hbond substituents is 1. The first-order valence-corrected chi connectivity index (χ1v) is 4.75. The molecule has 0 unspecified atom stereocenters. The van der Waals surface area contributed by atoms with Crippen LogP contribution in [0.1, 0.15) is 19.4 Å². The number of hydrogen-bond donors (Lipinski definition) is 2. The maximum absolute atomic E-state index is 13.7. The summed E-state index contributed by atoms with van der Waals surface area (Å²) < 4.78 is 23.5. The van der Waals surface area contributed by atoms with Gasteiger partial charge in [0.25, 0.3) is 0 Å². The fourth-order valence-corrected chi connectivity index (χ4v) is 1.43. The van der Waals surface area contributed by atoms with Crippen LogP contribution in [0.2, 0.25) is 0 Å². The predicted octanol–water partition coefficient (Wildman–Crippen LogP) is 1.74. The third-order valence-corrected chi connectivity index (χ3v) is 2.28. The average molecular weight is 229 g/mol. The Balaban J connectivity index is 3.51. The third-order valence-electron chi connectivity index (χ3n) is 2.28. The van der Waals surface area contributed by atoms with E-state index in [1.807, 2.05) is 0 Å². The summed E-state index contributed by atoms with van der Waals surface area (Å²) in [4.78, 5) is 0. The molecule has 0 atom stereocenters.